The zero-order valence-electron chi connectivity index (χ0n) is 13.9. The maximum Gasteiger partial charge on any atom is 0.416 e. The van der Waals surface area contributed by atoms with Crippen LogP contribution in [-0.4, -0.2) is 23.0 Å². The summed E-state index contributed by atoms with van der Waals surface area (Å²) < 4.78 is 52.0. The molecule has 0 aliphatic carbocycles. The molecule has 1 aliphatic heterocycles. The molecule has 0 bridgehead atoms. The number of nitrogens with one attached hydrogen (secondary N) is 2. The average Bonchev–Trinajstić information content (AvgIpc) is 2.92. The Hall–Kier alpha value is -2.94. The van der Waals surface area contributed by atoms with Crippen LogP contribution in [0.25, 0.3) is 0 Å². The van der Waals surface area contributed by atoms with Crippen LogP contribution in [0.1, 0.15) is 44.8 Å². The molecular formula is C18H14F4N2O3. The molecule has 0 fully saturated rings. The number of amides is 2. The molecule has 27 heavy (non-hydrogen) atoms. The maximum atomic E-state index is 13.5. The molecule has 2 amide bonds. The first-order valence-corrected chi connectivity index (χ1v) is 7.89. The number of carbonyl (C=O) groups excluding carboxylic acids is 2. The first-order chi connectivity index (χ1) is 12.6. The Morgan fingerprint density at radius 1 is 1.26 bits per heavy atom. The summed E-state index contributed by atoms with van der Waals surface area (Å²) in [6.45, 7) is 1.45. The Morgan fingerprint density at radius 2 is 1.96 bits per heavy atom. The number of alkyl halides is 3. The number of aliphatic hydroxyl groups is 1. The van der Waals surface area contributed by atoms with Crippen LogP contribution in [0, 0.1) is 5.82 Å². The van der Waals surface area contributed by atoms with Gasteiger partial charge in [-0.15, -0.1) is 0 Å². The normalized spacial score (nSPS) is 17.3. The Kier molecular flexibility index (Phi) is 4.64. The van der Waals surface area contributed by atoms with Crippen molar-refractivity contribution in [1.29, 1.82) is 0 Å². The molecule has 0 spiro atoms. The van der Waals surface area contributed by atoms with E-state index < -0.39 is 47.1 Å². The molecule has 142 valence electrons. The summed E-state index contributed by atoms with van der Waals surface area (Å²) >= 11 is 0. The predicted molar refractivity (Wildman–Crippen MR) is 87.7 cm³/mol. The first kappa shape index (κ1) is 18.8. The molecule has 0 saturated carbocycles. The summed E-state index contributed by atoms with van der Waals surface area (Å²) in [4.78, 5) is 24.4. The zero-order valence-corrected chi connectivity index (χ0v) is 13.9. The second-order valence-electron chi connectivity index (χ2n) is 6.14. The van der Waals surface area contributed by atoms with Gasteiger partial charge in [0.25, 0.3) is 11.8 Å². The van der Waals surface area contributed by atoms with Crippen LogP contribution in [0.5, 0.6) is 0 Å². The van der Waals surface area contributed by atoms with Gasteiger partial charge in [0, 0.05) is 22.4 Å². The van der Waals surface area contributed by atoms with Crippen molar-refractivity contribution in [3.63, 3.8) is 0 Å². The van der Waals surface area contributed by atoms with E-state index in [0.29, 0.717) is 23.8 Å². The lowest BCUT2D eigenvalue weighted by molar-refractivity contribution is -0.137. The third-order valence-electron chi connectivity index (χ3n) is 4.17. The van der Waals surface area contributed by atoms with Gasteiger partial charge < -0.3 is 15.7 Å². The van der Waals surface area contributed by atoms with Crippen LogP contribution in [-0.2, 0) is 6.18 Å². The topological polar surface area (TPSA) is 78.4 Å². The third-order valence-corrected chi connectivity index (χ3v) is 4.17. The minimum Gasteiger partial charge on any atom is -0.391 e. The lowest BCUT2D eigenvalue weighted by atomic mass is 9.99. The van der Waals surface area contributed by atoms with Gasteiger partial charge in [-0.05, 0) is 37.3 Å². The van der Waals surface area contributed by atoms with Crippen molar-refractivity contribution in [1.82, 2.24) is 5.32 Å². The Morgan fingerprint density at radius 3 is 2.59 bits per heavy atom. The molecule has 0 aromatic heterocycles. The van der Waals surface area contributed by atoms with E-state index in [1.165, 1.54) is 25.1 Å². The van der Waals surface area contributed by atoms with Crippen LogP contribution >= 0.6 is 0 Å². The first-order valence-electron chi connectivity index (χ1n) is 7.89. The van der Waals surface area contributed by atoms with Crippen LogP contribution < -0.4 is 10.6 Å². The second-order valence-corrected chi connectivity index (χ2v) is 6.14. The Balaban J connectivity index is 1.97. The average molecular weight is 382 g/mol. The highest BCUT2D eigenvalue weighted by Crippen LogP contribution is 2.35. The fourth-order valence-corrected chi connectivity index (χ4v) is 2.94. The number of anilines is 1. The number of benzene rings is 2. The van der Waals surface area contributed by atoms with E-state index in [4.69, 9.17) is 0 Å². The van der Waals surface area contributed by atoms with Crippen molar-refractivity contribution < 1.29 is 32.3 Å². The van der Waals surface area contributed by atoms with Crippen LogP contribution in [0.3, 0.4) is 0 Å². The number of hydrogen-bond acceptors (Lipinski definition) is 3. The van der Waals surface area contributed by atoms with E-state index in [2.05, 4.69) is 10.6 Å². The summed E-state index contributed by atoms with van der Waals surface area (Å²) in [5.74, 6) is -2.62. The highest BCUT2D eigenvalue weighted by atomic mass is 19.4. The summed E-state index contributed by atoms with van der Waals surface area (Å²) in [7, 11) is 0. The van der Waals surface area contributed by atoms with E-state index in [9.17, 15) is 32.3 Å². The largest absolute Gasteiger partial charge is 0.416 e. The molecule has 9 heteroatoms. The van der Waals surface area contributed by atoms with E-state index in [0.717, 1.165) is 0 Å². The van der Waals surface area contributed by atoms with Gasteiger partial charge in [0.1, 0.15) is 5.82 Å². The van der Waals surface area contributed by atoms with Gasteiger partial charge in [0.2, 0.25) is 0 Å². The predicted octanol–water partition coefficient (Wildman–Crippen LogP) is 3.26. The highest BCUT2D eigenvalue weighted by molar-refractivity contribution is 6.07. The van der Waals surface area contributed by atoms with E-state index >= 15 is 0 Å². The van der Waals surface area contributed by atoms with E-state index in [-0.39, 0.29) is 11.3 Å². The number of rotatable bonds is 3. The fourth-order valence-electron chi connectivity index (χ4n) is 2.94. The molecule has 0 saturated heterocycles. The summed E-state index contributed by atoms with van der Waals surface area (Å²) in [5.41, 5.74) is -1.12. The molecule has 3 rings (SSSR count). The number of aliphatic hydroxyl groups excluding tert-OH is 1. The SMILES string of the molecule is CC(O)C1NC(=O)c2cccc(NC(=O)c3cc(F)cc(C(F)(F)F)c3)c21. The smallest absolute Gasteiger partial charge is 0.391 e. The molecule has 0 radical (unpaired) electrons. The van der Waals surface area contributed by atoms with Crippen molar-refractivity contribution >= 4 is 17.5 Å². The summed E-state index contributed by atoms with van der Waals surface area (Å²) in [5, 5.41) is 14.8. The van der Waals surface area contributed by atoms with E-state index in [1.807, 2.05) is 0 Å². The minimum atomic E-state index is -4.81. The monoisotopic (exact) mass is 382 g/mol. The number of halogens is 4. The van der Waals surface area contributed by atoms with Crippen molar-refractivity contribution in [2.45, 2.75) is 25.2 Å². The standard InChI is InChI=1S/C18H14F4N2O3/c1-8(25)15-14-12(17(27)24-15)3-2-4-13(14)23-16(26)9-5-10(18(20,21)22)7-11(19)6-9/h2-8,15,25H,1H3,(H,23,26)(H,24,27). The molecule has 5 nitrogen and oxygen atoms in total. The van der Waals surface area contributed by atoms with Crippen LogP contribution in [0.4, 0.5) is 23.2 Å². The molecule has 3 N–H and O–H groups in total. The maximum absolute atomic E-state index is 13.5. The van der Waals surface area contributed by atoms with Crippen molar-refractivity contribution in [2.75, 3.05) is 5.32 Å². The molecule has 2 aromatic carbocycles. The summed E-state index contributed by atoms with van der Waals surface area (Å²) in [6, 6.07) is 5.14. The van der Waals surface area contributed by atoms with Crippen LogP contribution in [0.15, 0.2) is 36.4 Å². The van der Waals surface area contributed by atoms with Crippen molar-refractivity contribution in [2.24, 2.45) is 0 Å². The molecular weight excluding hydrogens is 368 g/mol. The highest BCUT2D eigenvalue weighted by Gasteiger charge is 2.35. The fraction of sp³-hybridized carbons (Fsp3) is 0.222. The second kappa shape index (κ2) is 6.66. The lowest BCUT2D eigenvalue weighted by Gasteiger charge is -2.18. The number of hydrogen-bond donors (Lipinski definition) is 3. The van der Waals surface area contributed by atoms with Gasteiger partial charge in [-0.3, -0.25) is 9.59 Å². The van der Waals surface area contributed by atoms with Crippen LogP contribution in [0.2, 0.25) is 0 Å². The molecule has 2 atom stereocenters. The Labute approximate surface area is 151 Å². The molecule has 1 heterocycles. The van der Waals surface area contributed by atoms with Crippen molar-refractivity contribution in [3.05, 3.63) is 64.5 Å². The van der Waals surface area contributed by atoms with E-state index in [1.54, 1.807) is 0 Å². The van der Waals surface area contributed by atoms with Gasteiger partial charge in [-0.25, -0.2) is 4.39 Å². The molecule has 2 aromatic rings. The minimum absolute atomic E-state index is 0.138. The number of fused-ring (bicyclic) bond motifs is 1. The zero-order chi connectivity index (χ0) is 19.9. The summed E-state index contributed by atoms with van der Waals surface area (Å²) in [6.07, 6.45) is -5.78. The van der Waals surface area contributed by atoms with Crippen molar-refractivity contribution in [3.8, 4) is 0 Å². The lowest BCUT2D eigenvalue weighted by Crippen LogP contribution is -2.28. The van der Waals surface area contributed by atoms with Gasteiger partial charge in [0.05, 0.1) is 17.7 Å². The third kappa shape index (κ3) is 3.63. The molecule has 2 unspecified atom stereocenters. The van der Waals surface area contributed by atoms with Gasteiger partial charge in [-0.1, -0.05) is 6.07 Å². The molecule has 1 aliphatic rings. The Bertz CT molecular complexity index is 925. The quantitative estimate of drug-likeness (QED) is 0.713. The van der Waals surface area contributed by atoms with Gasteiger partial charge >= 0.3 is 6.18 Å². The number of carbonyl (C=O) groups is 2. The van der Waals surface area contributed by atoms with Gasteiger partial charge in [-0.2, -0.15) is 13.2 Å². The van der Waals surface area contributed by atoms with Gasteiger partial charge in [0.15, 0.2) is 0 Å².